The Morgan fingerprint density at radius 2 is 0.978 bits per heavy atom. The molecule has 0 saturated carbocycles. The highest BCUT2D eigenvalue weighted by Gasteiger charge is 2.38. The lowest BCUT2D eigenvalue weighted by Gasteiger charge is -2.32. The molecule has 0 radical (unpaired) electrons. The molecule has 6 rings (SSSR count). The van der Waals surface area contributed by atoms with Gasteiger partial charge in [-0.1, -0.05) is 24.3 Å². The van der Waals surface area contributed by atoms with Crippen molar-refractivity contribution in [3.8, 4) is 0 Å². The first-order valence-corrected chi connectivity index (χ1v) is 14.6. The van der Waals surface area contributed by atoms with Gasteiger partial charge in [0.1, 0.15) is 0 Å². The van der Waals surface area contributed by atoms with Crippen molar-refractivity contribution < 1.29 is 29.0 Å². The van der Waals surface area contributed by atoms with Crippen LogP contribution >= 0.6 is 0 Å². The molecule has 0 unspecified atom stereocenters. The quantitative estimate of drug-likeness (QED) is 0.108. The first-order chi connectivity index (χ1) is 22.0. The maximum Gasteiger partial charge on any atom is 0.270 e. The van der Waals surface area contributed by atoms with Crippen molar-refractivity contribution in [3.63, 3.8) is 0 Å². The Bertz CT molecular complexity index is 1870. The maximum absolute atomic E-state index is 13.4. The summed E-state index contributed by atoms with van der Waals surface area (Å²) in [5.41, 5.74) is 0.363. The van der Waals surface area contributed by atoms with Gasteiger partial charge >= 0.3 is 0 Å². The van der Waals surface area contributed by atoms with Crippen LogP contribution in [-0.2, 0) is 0 Å². The van der Waals surface area contributed by atoms with E-state index in [1.807, 2.05) is 0 Å². The number of nitro groups is 2. The molecule has 234 valence electrons. The lowest BCUT2D eigenvalue weighted by atomic mass is 9.92. The summed E-state index contributed by atoms with van der Waals surface area (Å²) in [5, 5.41) is 31.0. The molecule has 0 bridgehead atoms. The highest BCUT2D eigenvalue weighted by atomic mass is 16.6. The fourth-order valence-corrected chi connectivity index (χ4v) is 6.21. The molecule has 2 aliphatic rings. The summed E-state index contributed by atoms with van der Waals surface area (Å²) >= 11 is 0. The Morgan fingerprint density at radius 1 is 0.609 bits per heavy atom. The largest absolute Gasteiger partial charge is 0.313 e. The van der Waals surface area contributed by atoms with Gasteiger partial charge in [-0.3, -0.25) is 49.2 Å². The van der Waals surface area contributed by atoms with Gasteiger partial charge in [0.2, 0.25) is 0 Å². The molecule has 0 fully saturated rings. The number of hydrogen-bond acceptors (Lipinski definition) is 10. The van der Waals surface area contributed by atoms with Gasteiger partial charge in [-0.2, -0.15) is 0 Å². The second kappa shape index (κ2) is 11.7. The summed E-state index contributed by atoms with van der Waals surface area (Å²) in [6, 6.07) is 13.7. The highest BCUT2D eigenvalue weighted by molar-refractivity contribution is 6.27. The Hall–Kier alpha value is -5.60. The highest BCUT2D eigenvalue weighted by Crippen LogP contribution is 2.35. The van der Waals surface area contributed by atoms with E-state index in [9.17, 15) is 39.4 Å². The number of hydrogen-bond donors (Lipinski definition) is 2. The molecule has 46 heavy (non-hydrogen) atoms. The number of non-ortho nitro benzene ring substituents is 2. The summed E-state index contributed by atoms with van der Waals surface area (Å²) in [7, 11) is 0. The third-order valence-corrected chi connectivity index (χ3v) is 8.38. The predicted molar refractivity (Wildman–Crippen MR) is 167 cm³/mol. The van der Waals surface area contributed by atoms with Gasteiger partial charge in [-0.25, -0.2) is 0 Å². The molecular weight excluding hydrogens is 596 g/mol. The number of nitrogens with zero attached hydrogens (tertiary/aromatic N) is 4. The van der Waals surface area contributed by atoms with Crippen LogP contribution in [0.15, 0.2) is 60.7 Å². The van der Waals surface area contributed by atoms with E-state index in [0.29, 0.717) is 45.8 Å². The number of benzene rings is 4. The van der Waals surface area contributed by atoms with Gasteiger partial charge < -0.3 is 10.6 Å². The summed E-state index contributed by atoms with van der Waals surface area (Å²) in [4.78, 5) is 77.4. The Kier molecular flexibility index (Phi) is 7.75. The van der Waals surface area contributed by atoms with Gasteiger partial charge in [-0.05, 0) is 36.8 Å². The van der Waals surface area contributed by atoms with E-state index in [4.69, 9.17) is 0 Å². The second-order valence-electron chi connectivity index (χ2n) is 11.4. The lowest BCUT2D eigenvalue weighted by molar-refractivity contribution is -0.384. The van der Waals surface area contributed by atoms with Crippen LogP contribution in [0.2, 0.25) is 0 Å². The number of nitro benzene ring substituents is 2. The van der Waals surface area contributed by atoms with Crippen LogP contribution in [0.1, 0.15) is 55.3 Å². The Morgan fingerprint density at radius 3 is 1.35 bits per heavy atom. The van der Waals surface area contributed by atoms with Crippen LogP contribution in [0, 0.1) is 20.2 Å². The van der Waals surface area contributed by atoms with E-state index in [1.165, 1.54) is 24.3 Å². The average Bonchev–Trinajstić information content (AvgIpc) is 3.03. The molecule has 4 aromatic carbocycles. The molecular formula is C32H28N6O8. The molecule has 2 heterocycles. The summed E-state index contributed by atoms with van der Waals surface area (Å²) in [5.74, 6) is -2.15. The molecule has 2 aliphatic heterocycles. The van der Waals surface area contributed by atoms with E-state index < -0.39 is 45.6 Å². The SMILES string of the molecule is C[C@H](CNCCNC[C@@H](C)N1C(=O)c2cccc3cc([N+](=O)[O-])cc(c23)C1=O)N1C(=O)c2cccc3cc([N+](=O)[O-])cc(c23)C1=O. The fraction of sp³-hybridized carbons (Fsp3) is 0.250. The molecule has 14 heteroatoms. The maximum atomic E-state index is 13.4. The van der Waals surface area contributed by atoms with Crippen molar-refractivity contribution in [3.05, 3.63) is 103 Å². The van der Waals surface area contributed by atoms with E-state index >= 15 is 0 Å². The van der Waals surface area contributed by atoms with Crippen LogP contribution < -0.4 is 10.6 Å². The molecule has 0 aromatic heterocycles. The van der Waals surface area contributed by atoms with Crippen LogP contribution in [-0.4, -0.2) is 81.5 Å². The molecule has 4 amide bonds. The van der Waals surface area contributed by atoms with Crippen molar-refractivity contribution in [1.82, 2.24) is 20.4 Å². The van der Waals surface area contributed by atoms with E-state index in [0.717, 1.165) is 9.80 Å². The topological polar surface area (TPSA) is 185 Å². The number of nitrogens with one attached hydrogen (secondary N) is 2. The summed E-state index contributed by atoms with van der Waals surface area (Å²) in [6.45, 7) is 4.74. The third kappa shape index (κ3) is 5.02. The summed E-state index contributed by atoms with van der Waals surface area (Å²) in [6.07, 6.45) is 0. The molecule has 0 spiro atoms. The van der Waals surface area contributed by atoms with E-state index in [-0.39, 0.29) is 35.6 Å². The van der Waals surface area contributed by atoms with Crippen molar-refractivity contribution in [2.75, 3.05) is 26.2 Å². The molecule has 14 nitrogen and oxygen atoms in total. The van der Waals surface area contributed by atoms with Crippen molar-refractivity contribution in [2.45, 2.75) is 25.9 Å². The zero-order valence-corrected chi connectivity index (χ0v) is 24.8. The average molecular weight is 625 g/mol. The Balaban J connectivity index is 1.06. The van der Waals surface area contributed by atoms with E-state index in [2.05, 4.69) is 10.6 Å². The minimum atomic E-state index is -0.600. The van der Waals surface area contributed by atoms with Crippen molar-refractivity contribution in [2.24, 2.45) is 0 Å². The van der Waals surface area contributed by atoms with Crippen LogP contribution in [0.3, 0.4) is 0 Å². The van der Waals surface area contributed by atoms with Gasteiger partial charge in [0, 0.05) is 84.4 Å². The minimum Gasteiger partial charge on any atom is -0.313 e. The van der Waals surface area contributed by atoms with Crippen molar-refractivity contribution >= 4 is 56.5 Å². The number of rotatable bonds is 11. The third-order valence-electron chi connectivity index (χ3n) is 8.38. The standard InChI is InChI=1S/C32H28N6O8/c1-17(35-29(39)23-7-3-5-19-11-21(37(43)44)13-25(27(19)23)31(35)41)15-33-9-10-34-16-18(2)36-30(40)24-8-4-6-20-12-22(38(45)46)14-26(28(20)24)32(36)42/h3-8,11-14,17-18,33-34H,9-10,15-16H2,1-2H3/t17-,18-/m1/s1. The van der Waals surface area contributed by atoms with Gasteiger partial charge in [0.25, 0.3) is 35.0 Å². The summed E-state index contributed by atoms with van der Waals surface area (Å²) < 4.78 is 0. The molecule has 0 aliphatic carbocycles. The minimum absolute atomic E-state index is 0.108. The monoisotopic (exact) mass is 624 g/mol. The lowest BCUT2D eigenvalue weighted by Crippen LogP contribution is -2.51. The van der Waals surface area contributed by atoms with Gasteiger partial charge in [0.05, 0.1) is 21.0 Å². The van der Waals surface area contributed by atoms with Gasteiger partial charge in [-0.15, -0.1) is 0 Å². The molecule has 2 atom stereocenters. The normalized spacial score (nSPS) is 15.5. The van der Waals surface area contributed by atoms with Gasteiger partial charge in [0.15, 0.2) is 0 Å². The van der Waals surface area contributed by atoms with Crippen molar-refractivity contribution in [1.29, 1.82) is 0 Å². The second-order valence-corrected chi connectivity index (χ2v) is 11.4. The molecule has 2 N–H and O–H groups in total. The number of imide groups is 2. The zero-order valence-electron chi connectivity index (χ0n) is 24.8. The number of carbonyl (C=O) groups excluding carboxylic acids is 4. The van der Waals surface area contributed by atoms with E-state index in [1.54, 1.807) is 50.2 Å². The number of carbonyl (C=O) groups is 4. The molecule has 4 aromatic rings. The Labute approximate surface area is 261 Å². The van der Waals surface area contributed by atoms with Crippen LogP contribution in [0.4, 0.5) is 11.4 Å². The first-order valence-electron chi connectivity index (χ1n) is 14.6. The smallest absolute Gasteiger partial charge is 0.270 e. The predicted octanol–water partition coefficient (Wildman–Crippen LogP) is 3.66. The fourth-order valence-electron chi connectivity index (χ4n) is 6.21. The zero-order chi connectivity index (χ0) is 32.9. The molecule has 0 saturated heterocycles. The number of amides is 4. The first kappa shape index (κ1) is 30.4. The van der Waals surface area contributed by atoms with Crippen LogP contribution in [0.5, 0.6) is 0 Å². The van der Waals surface area contributed by atoms with Crippen LogP contribution in [0.25, 0.3) is 21.5 Å².